The molecule has 0 atom stereocenters. The molecular formula is C15H30N4S. The van der Waals surface area contributed by atoms with Crippen LogP contribution in [-0.2, 0) is 6.54 Å². The molecule has 1 aromatic rings. The lowest BCUT2D eigenvalue weighted by molar-refractivity contribution is 0.413. The van der Waals surface area contributed by atoms with Crippen LogP contribution in [0, 0.1) is 5.92 Å². The summed E-state index contributed by atoms with van der Waals surface area (Å²) in [7, 11) is 4.24. The van der Waals surface area contributed by atoms with Crippen molar-refractivity contribution in [1.29, 1.82) is 0 Å². The van der Waals surface area contributed by atoms with Gasteiger partial charge in [-0.25, -0.2) is 4.98 Å². The van der Waals surface area contributed by atoms with E-state index in [1.54, 1.807) is 11.3 Å². The van der Waals surface area contributed by atoms with Crippen molar-refractivity contribution in [2.45, 2.75) is 33.7 Å². The predicted molar refractivity (Wildman–Crippen MR) is 89.7 cm³/mol. The zero-order valence-electron chi connectivity index (χ0n) is 13.6. The van der Waals surface area contributed by atoms with Crippen molar-refractivity contribution in [2.24, 2.45) is 5.92 Å². The number of nitrogens with one attached hydrogen (secondary N) is 1. The first-order valence-corrected chi connectivity index (χ1v) is 8.45. The van der Waals surface area contributed by atoms with Crippen molar-refractivity contribution in [1.82, 2.24) is 15.2 Å². The van der Waals surface area contributed by atoms with E-state index in [0.717, 1.165) is 50.0 Å². The minimum absolute atomic E-state index is 0.685. The highest BCUT2D eigenvalue weighted by Crippen LogP contribution is 2.20. The van der Waals surface area contributed by atoms with E-state index in [1.807, 2.05) is 0 Å². The molecule has 0 fully saturated rings. The van der Waals surface area contributed by atoms with Gasteiger partial charge in [-0.2, -0.15) is 0 Å². The van der Waals surface area contributed by atoms with Crippen LogP contribution >= 0.6 is 11.3 Å². The predicted octanol–water partition coefficient (Wildman–Crippen LogP) is 2.67. The SMILES string of the molecule is CCCN(CCN(C)C)c1nc(CNCC(C)C)cs1. The molecule has 116 valence electrons. The smallest absolute Gasteiger partial charge is 0.185 e. The maximum atomic E-state index is 4.77. The van der Waals surface area contributed by atoms with Gasteiger partial charge in [0.05, 0.1) is 5.69 Å². The third-order valence-electron chi connectivity index (χ3n) is 2.98. The zero-order chi connectivity index (χ0) is 15.0. The monoisotopic (exact) mass is 298 g/mol. The van der Waals surface area contributed by atoms with Gasteiger partial charge >= 0.3 is 0 Å². The zero-order valence-corrected chi connectivity index (χ0v) is 14.5. The van der Waals surface area contributed by atoms with Crippen LogP contribution in [0.25, 0.3) is 0 Å². The van der Waals surface area contributed by atoms with E-state index in [9.17, 15) is 0 Å². The van der Waals surface area contributed by atoms with Gasteiger partial charge in [-0.1, -0.05) is 20.8 Å². The van der Waals surface area contributed by atoms with Crippen LogP contribution < -0.4 is 10.2 Å². The number of thiazole rings is 1. The van der Waals surface area contributed by atoms with Gasteiger partial charge in [0.1, 0.15) is 0 Å². The molecule has 5 heteroatoms. The normalized spacial score (nSPS) is 11.6. The van der Waals surface area contributed by atoms with Gasteiger partial charge in [0.25, 0.3) is 0 Å². The molecule has 0 aromatic carbocycles. The third-order valence-corrected chi connectivity index (χ3v) is 3.93. The van der Waals surface area contributed by atoms with Crippen LogP contribution in [0.5, 0.6) is 0 Å². The molecule has 1 heterocycles. The molecule has 20 heavy (non-hydrogen) atoms. The molecule has 0 saturated carbocycles. The van der Waals surface area contributed by atoms with Crippen molar-refractivity contribution >= 4 is 16.5 Å². The largest absolute Gasteiger partial charge is 0.347 e. The second-order valence-electron chi connectivity index (χ2n) is 5.94. The first-order chi connectivity index (χ1) is 9.52. The van der Waals surface area contributed by atoms with Crippen molar-refractivity contribution in [3.8, 4) is 0 Å². The van der Waals surface area contributed by atoms with Crippen LogP contribution in [0.4, 0.5) is 5.13 Å². The fraction of sp³-hybridized carbons (Fsp3) is 0.800. The van der Waals surface area contributed by atoms with E-state index >= 15 is 0 Å². The average Bonchev–Trinajstić information content (AvgIpc) is 2.82. The van der Waals surface area contributed by atoms with E-state index in [4.69, 9.17) is 4.98 Å². The van der Waals surface area contributed by atoms with Crippen LogP contribution in [-0.4, -0.2) is 50.2 Å². The summed E-state index contributed by atoms with van der Waals surface area (Å²) >= 11 is 1.76. The van der Waals surface area contributed by atoms with Gasteiger partial charge in [-0.3, -0.25) is 0 Å². The summed E-state index contributed by atoms with van der Waals surface area (Å²) in [5, 5.41) is 6.80. The molecule has 0 aliphatic carbocycles. The van der Waals surface area contributed by atoms with Gasteiger partial charge in [0.15, 0.2) is 5.13 Å². The number of anilines is 1. The Morgan fingerprint density at radius 3 is 2.60 bits per heavy atom. The quantitative estimate of drug-likeness (QED) is 0.719. The summed E-state index contributed by atoms with van der Waals surface area (Å²) in [5.74, 6) is 0.685. The Balaban J connectivity index is 2.52. The minimum atomic E-state index is 0.685. The maximum Gasteiger partial charge on any atom is 0.185 e. The van der Waals surface area contributed by atoms with E-state index in [-0.39, 0.29) is 0 Å². The average molecular weight is 298 g/mol. The van der Waals surface area contributed by atoms with Gasteiger partial charge in [0, 0.05) is 31.6 Å². The Morgan fingerprint density at radius 1 is 1.25 bits per heavy atom. The molecule has 0 aliphatic rings. The molecular weight excluding hydrogens is 268 g/mol. The Kier molecular flexibility index (Phi) is 8.11. The molecule has 1 N–H and O–H groups in total. The fourth-order valence-corrected chi connectivity index (χ4v) is 2.78. The second-order valence-corrected chi connectivity index (χ2v) is 6.77. The highest BCUT2D eigenvalue weighted by molar-refractivity contribution is 7.13. The first kappa shape index (κ1) is 17.4. The van der Waals surface area contributed by atoms with Gasteiger partial charge in [0.2, 0.25) is 0 Å². The standard InChI is InChI=1S/C15H30N4S/c1-6-7-19(9-8-18(4)5)15-17-14(12-20-15)11-16-10-13(2)3/h12-13,16H,6-11H2,1-5H3. The van der Waals surface area contributed by atoms with E-state index in [0.29, 0.717) is 5.92 Å². The molecule has 0 amide bonds. The second kappa shape index (κ2) is 9.32. The minimum Gasteiger partial charge on any atom is -0.347 e. The summed E-state index contributed by atoms with van der Waals surface area (Å²) in [6.07, 6.45) is 1.16. The van der Waals surface area contributed by atoms with Crippen LogP contribution in [0.15, 0.2) is 5.38 Å². The van der Waals surface area contributed by atoms with Crippen molar-refractivity contribution < 1.29 is 0 Å². The van der Waals surface area contributed by atoms with E-state index in [1.165, 1.54) is 0 Å². The summed E-state index contributed by atoms with van der Waals surface area (Å²) in [4.78, 5) is 9.39. The molecule has 1 rings (SSSR count). The number of hydrogen-bond acceptors (Lipinski definition) is 5. The topological polar surface area (TPSA) is 31.4 Å². The molecule has 0 aliphatic heterocycles. The Labute approximate surface area is 128 Å². The molecule has 1 aromatic heterocycles. The molecule has 0 spiro atoms. The maximum absolute atomic E-state index is 4.77. The molecule has 0 saturated heterocycles. The number of aromatic nitrogens is 1. The number of nitrogens with zero attached hydrogens (tertiary/aromatic N) is 3. The highest BCUT2D eigenvalue weighted by atomic mass is 32.1. The van der Waals surface area contributed by atoms with E-state index in [2.05, 4.69) is 55.4 Å². The van der Waals surface area contributed by atoms with Crippen molar-refractivity contribution in [2.75, 3.05) is 45.2 Å². The molecule has 0 radical (unpaired) electrons. The Morgan fingerprint density at radius 2 is 2.00 bits per heavy atom. The highest BCUT2D eigenvalue weighted by Gasteiger charge is 2.10. The van der Waals surface area contributed by atoms with E-state index < -0.39 is 0 Å². The third kappa shape index (κ3) is 6.68. The van der Waals surface area contributed by atoms with Gasteiger partial charge < -0.3 is 15.1 Å². The first-order valence-electron chi connectivity index (χ1n) is 7.57. The van der Waals surface area contributed by atoms with Crippen LogP contribution in [0.1, 0.15) is 32.9 Å². The molecule has 0 unspecified atom stereocenters. The van der Waals surface area contributed by atoms with Crippen LogP contribution in [0.2, 0.25) is 0 Å². The lowest BCUT2D eigenvalue weighted by atomic mass is 10.2. The fourth-order valence-electron chi connectivity index (χ4n) is 1.91. The van der Waals surface area contributed by atoms with Crippen molar-refractivity contribution in [3.05, 3.63) is 11.1 Å². The summed E-state index contributed by atoms with van der Waals surface area (Å²) in [6.45, 7) is 11.8. The molecule has 4 nitrogen and oxygen atoms in total. The lowest BCUT2D eigenvalue weighted by Crippen LogP contribution is -2.32. The Hall–Kier alpha value is -0.650. The number of likely N-dealkylation sites (N-methyl/N-ethyl adjacent to an activating group) is 1. The summed E-state index contributed by atoms with van der Waals surface area (Å²) in [5.41, 5.74) is 1.16. The summed E-state index contributed by atoms with van der Waals surface area (Å²) in [6, 6.07) is 0. The van der Waals surface area contributed by atoms with Crippen LogP contribution in [0.3, 0.4) is 0 Å². The molecule has 0 bridgehead atoms. The van der Waals surface area contributed by atoms with Gasteiger partial charge in [-0.05, 0) is 33.0 Å². The van der Waals surface area contributed by atoms with Gasteiger partial charge in [-0.15, -0.1) is 11.3 Å². The Bertz CT molecular complexity index is 363. The summed E-state index contributed by atoms with van der Waals surface area (Å²) < 4.78 is 0. The lowest BCUT2D eigenvalue weighted by Gasteiger charge is -2.23. The number of rotatable bonds is 10. The number of hydrogen-bond donors (Lipinski definition) is 1. The van der Waals surface area contributed by atoms with Crippen molar-refractivity contribution in [3.63, 3.8) is 0 Å².